The number of likely N-dealkylation sites (tertiary alicyclic amines) is 2. The standard InChI is InChI=1S/C22H25ClN4O3S/c1-30-18-13-15(12-17(23)25-18)20(28)27-11-7-22(14-27)5-9-26(10-6-22)21(29)16-4-3-8-24-19(16)31-2/h3-4,8,12-13H,5-7,9-11,14H2,1-2H3. The molecule has 2 aromatic heterocycles. The van der Waals surface area contributed by atoms with Crippen LogP contribution in [0.1, 0.15) is 40.0 Å². The molecule has 2 amide bonds. The van der Waals surface area contributed by atoms with Crippen LogP contribution in [0.4, 0.5) is 0 Å². The van der Waals surface area contributed by atoms with Crippen molar-refractivity contribution in [3.8, 4) is 5.88 Å². The first-order chi connectivity index (χ1) is 14.9. The predicted octanol–water partition coefficient (Wildman–Crippen LogP) is 3.63. The molecule has 0 bridgehead atoms. The van der Waals surface area contributed by atoms with E-state index in [2.05, 4.69) is 9.97 Å². The van der Waals surface area contributed by atoms with E-state index in [1.165, 1.54) is 18.9 Å². The van der Waals surface area contributed by atoms with E-state index in [0.29, 0.717) is 43.2 Å². The Morgan fingerprint density at radius 2 is 1.84 bits per heavy atom. The van der Waals surface area contributed by atoms with Crippen molar-refractivity contribution in [1.82, 2.24) is 19.8 Å². The van der Waals surface area contributed by atoms with Crippen molar-refractivity contribution in [3.05, 3.63) is 46.7 Å². The number of hydrogen-bond donors (Lipinski definition) is 0. The van der Waals surface area contributed by atoms with Gasteiger partial charge in [0, 0.05) is 44.0 Å². The minimum atomic E-state index is -0.0575. The lowest BCUT2D eigenvalue weighted by molar-refractivity contribution is 0.0562. The molecule has 2 aromatic rings. The number of carbonyl (C=O) groups is 2. The quantitative estimate of drug-likeness (QED) is 0.512. The van der Waals surface area contributed by atoms with Crippen LogP contribution in [-0.4, -0.2) is 71.1 Å². The Labute approximate surface area is 191 Å². The van der Waals surface area contributed by atoms with Gasteiger partial charge < -0.3 is 14.5 Å². The zero-order valence-corrected chi connectivity index (χ0v) is 19.2. The van der Waals surface area contributed by atoms with Gasteiger partial charge in [-0.2, -0.15) is 0 Å². The third kappa shape index (κ3) is 4.50. The zero-order chi connectivity index (χ0) is 22.0. The summed E-state index contributed by atoms with van der Waals surface area (Å²) in [6.07, 6.45) is 6.36. The number of ether oxygens (including phenoxy) is 1. The molecule has 2 fully saturated rings. The van der Waals surface area contributed by atoms with Gasteiger partial charge in [0.1, 0.15) is 10.2 Å². The first-order valence-electron chi connectivity index (χ1n) is 10.2. The van der Waals surface area contributed by atoms with Gasteiger partial charge in [-0.05, 0) is 49.1 Å². The summed E-state index contributed by atoms with van der Waals surface area (Å²) in [6.45, 7) is 2.78. The van der Waals surface area contributed by atoms with Crippen LogP contribution in [0, 0.1) is 5.41 Å². The molecule has 1 spiro atoms. The number of rotatable bonds is 4. The van der Waals surface area contributed by atoms with E-state index in [1.54, 1.807) is 24.4 Å². The molecule has 0 N–H and O–H groups in total. The number of piperidine rings is 1. The summed E-state index contributed by atoms with van der Waals surface area (Å²) in [6, 6.07) is 6.85. The summed E-state index contributed by atoms with van der Waals surface area (Å²) in [5.41, 5.74) is 1.21. The largest absolute Gasteiger partial charge is 0.481 e. The Morgan fingerprint density at radius 1 is 1.13 bits per heavy atom. The molecule has 2 aliphatic rings. The molecule has 7 nitrogen and oxygen atoms in total. The molecule has 2 saturated heterocycles. The number of methoxy groups -OCH3 is 1. The van der Waals surface area contributed by atoms with Crippen molar-refractivity contribution < 1.29 is 14.3 Å². The summed E-state index contributed by atoms with van der Waals surface area (Å²) >= 11 is 7.52. The van der Waals surface area contributed by atoms with Crippen LogP contribution < -0.4 is 4.74 Å². The van der Waals surface area contributed by atoms with Gasteiger partial charge in [-0.3, -0.25) is 9.59 Å². The Kier molecular flexibility index (Phi) is 6.39. The molecule has 31 heavy (non-hydrogen) atoms. The molecule has 164 valence electrons. The SMILES string of the molecule is COc1cc(C(=O)N2CCC3(CCN(C(=O)c4cccnc4SC)CC3)C2)cc(Cl)n1. The van der Waals surface area contributed by atoms with E-state index in [4.69, 9.17) is 16.3 Å². The molecule has 0 aliphatic carbocycles. The van der Waals surface area contributed by atoms with Crippen LogP contribution >= 0.6 is 23.4 Å². The first kappa shape index (κ1) is 21.9. The normalized spacial score (nSPS) is 17.8. The highest BCUT2D eigenvalue weighted by Gasteiger charge is 2.43. The lowest BCUT2D eigenvalue weighted by atomic mass is 9.77. The number of halogens is 1. The summed E-state index contributed by atoms with van der Waals surface area (Å²) in [7, 11) is 1.50. The van der Waals surface area contributed by atoms with E-state index >= 15 is 0 Å². The summed E-state index contributed by atoms with van der Waals surface area (Å²) < 4.78 is 5.14. The van der Waals surface area contributed by atoms with E-state index in [0.717, 1.165) is 24.3 Å². The number of aromatic nitrogens is 2. The van der Waals surface area contributed by atoms with E-state index in [-0.39, 0.29) is 22.4 Å². The van der Waals surface area contributed by atoms with Gasteiger partial charge in [-0.25, -0.2) is 9.97 Å². The van der Waals surface area contributed by atoms with Crippen LogP contribution in [0.2, 0.25) is 5.15 Å². The molecule has 0 aromatic carbocycles. The molecule has 0 saturated carbocycles. The number of hydrogen-bond acceptors (Lipinski definition) is 6. The van der Waals surface area contributed by atoms with E-state index in [1.807, 2.05) is 22.1 Å². The second kappa shape index (κ2) is 9.04. The minimum Gasteiger partial charge on any atom is -0.481 e. The van der Waals surface area contributed by atoms with Crippen LogP contribution in [0.3, 0.4) is 0 Å². The second-order valence-corrected chi connectivity index (χ2v) is 9.23. The topological polar surface area (TPSA) is 75.6 Å². The Morgan fingerprint density at radius 3 is 2.52 bits per heavy atom. The van der Waals surface area contributed by atoms with Crippen molar-refractivity contribution in [1.29, 1.82) is 0 Å². The second-order valence-electron chi connectivity index (χ2n) is 8.05. The third-order valence-corrected chi connectivity index (χ3v) is 7.16. The maximum absolute atomic E-state index is 13.0. The van der Waals surface area contributed by atoms with Crippen molar-refractivity contribution in [3.63, 3.8) is 0 Å². The number of thioether (sulfide) groups is 1. The van der Waals surface area contributed by atoms with Crippen molar-refractivity contribution in [2.24, 2.45) is 5.41 Å². The van der Waals surface area contributed by atoms with Crippen molar-refractivity contribution in [2.45, 2.75) is 24.3 Å². The van der Waals surface area contributed by atoms with Gasteiger partial charge in [0.2, 0.25) is 5.88 Å². The highest BCUT2D eigenvalue weighted by Crippen LogP contribution is 2.41. The number of carbonyl (C=O) groups excluding carboxylic acids is 2. The molecule has 4 rings (SSSR count). The number of nitrogens with zero attached hydrogens (tertiary/aromatic N) is 4. The van der Waals surface area contributed by atoms with Gasteiger partial charge >= 0.3 is 0 Å². The lowest BCUT2D eigenvalue weighted by Gasteiger charge is -2.39. The summed E-state index contributed by atoms with van der Waals surface area (Å²) in [5, 5.41) is 1.00. The third-order valence-electron chi connectivity index (χ3n) is 6.26. The molecular formula is C22H25ClN4O3S. The monoisotopic (exact) mass is 460 g/mol. The summed E-state index contributed by atoms with van der Waals surface area (Å²) in [4.78, 5) is 38.2. The maximum Gasteiger partial charge on any atom is 0.256 e. The minimum absolute atomic E-state index is 0.0387. The molecule has 4 heterocycles. The molecule has 9 heteroatoms. The molecular weight excluding hydrogens is 436 g/mol. The molecule has 2 aliphatic heterocycles. The highest BCUT2D eigenvalue weighted by atomic mass is 35.5. The fourth-order valence-corrected chi connectivity index (χ4v) is 5.21. The number of pyridine rings is 2. The van der Waals surface area contributed by atoms with E-state index < -0.39 is 0 Å². The van der Waals surface area contributed by atoms with Crippen molar-refractivity contribution in [2.75, 3.05) is 39.5 Å². The van der Waals surface area contributed by atoms with Gasteiger partial charge in [0.25, 0.3) is 11.8 Å². The molecule has 0 atom stereocenters. The van der Waals surface area contributed by atoms with Crippen LogP contribution in [-0.2, 0) is 0 Å². The Bertz CT molecular complexity index is 994. The lowest BCUT2D eigenvalue weighted by Crippen LogP contribution is -2.44. The Balaban J connectivity index is 1.40. The van der Waals surface area contributed by atoms with Crippen molar-refractivity contribution >= 4 is 35.2 Å². The molecule has 0 unspecified atom stereocenters. The highest BCUT2D eigenvalue weighted by molar-refractivity contribution is 7.98. The van der Waals surface area contributed by atoms with Gasteiger partial charge in [0.05, 0.1) is 12.7 Å². The van der Waals surface area contributed by atoms with Crippen LogP contribution in [0.5, 0.6) is 5.88 Å². The fraction of sp³-hybridized carbons (Fsp3) is 0.455. The first-order valence-corrected chi connectivity index (χ1v) is 11.8. The average molecular weight is 461 g/mol. The maximum atomic E-state index is 13.0. The van der Waals surface area contributed by atoms with Gasteiger partial charge in [0.15, 0.2) is 0 Å². The fourth-order valence-electron chi connectivity index (χ4n) is 4.47. The number of amides is 2. The zero-order valence-electron chi connectivity index (χ0n) is 17.6. The van der Waals surface area contributed by atoms with Gasteiger partial charge in [-0.1, -0.05) is 11.6 Å². The van der Waals surface area contributed by atoms with Crippen LogP contribution in [0.15, 0.2) is 35.5 Å². The molecule has 0 radical (unpaired) electrons. The summed E-state index contributed by atoms with van der Waals surface area (Å²) in [5.74, 6) is 0.311. The van der Waals surface area contributed by atoms with Gasteiger partial charge in [-0.15, -0.1) is 11.8 Å². The van der Waals surface area contributed by atoms with E-state index in [9.17, 15) is 9.59 Å². The van der Waals surface area contributed by atoms with Crippen LogP contribution in [0.25, 0.3) is 0 Å². The average Bonchev–Trinajstić information content (AvgIpc) is 3.21. The smallest absolute Gasteiger partial charge is 0.256 e. The Hall–Kier alpha value is -2.32. The predicted molar refractivity (Wildman–Crippen MR) is 120 cm³/mol.